The predicted octanol–water partition coefficient (Wildman–Crippen LogP) is 1.67. The summed E-state index contributed by atoms with van der Waals surface area (Å²) in [6, 6.07) is 12.0. The SMILES string of the molecule is [Y].[Y].[Y].[Y].[Y].[Y].c1ccccc1. The molecule has 12 heavy (non-hydrogen) atoms. The minimum Gasteiger partial charge on any atom is -0.0623 e. The second-order valence-electron chi connectivity index (χ2n) is 1.15. The third-order valence-corrected chi connectivity index (χ3v) is 0.667. The summed E-state index contributed by atoms with van der Waals surface area (Å²) >= 11 is 0. The summed E-state index contributed by atoms with van der Waals surface area (Å²) in [6.45, 7) is 0. The Morgan fingerprint density at radius 2 is 0.333 bits per heavy atom. The maximum Gasteiger partial charge on any atom is 0 e. The van der Waals surface area contributed by atoms with Gasteiger partial charge in [-0.05, 0) is 0 Å². The van der Waals surface area contributed by atoms with Crippen molar-refractivity contribution in [2.24, 2.45) is 0 Å². The van der Waals surface area contributed by atoms with Crippen molar-refractivity contribution in [3.05, 3.63) is 36.4 Å². The molecule has 0 aliphatic rings. The van der Waals surface area contributed by atoms with Crippen molar-refractivity contribution in [3.63, 3.8) is 0 Å². The van der Waals surface area contributed by atoms with E-state index in [-0.39, 0.29) is 196 Å². The van der Waals surface area contributed by atoms with E-state index < -0.39 is 0 Å². The van der Waals surface area contributed by atoms with E-state index in [0.29, 0.717) is 0 Å². The fourth-order valence-electron chi connectivity index (χ4n) is 0.385. The average Bonchev–Trinajstić information content (AvgIpc) is 1.72. The Morgan fingerprint density at radius 3 is 0.417 bits per heavy atom. The third kappa shape index (κ3) is 24.9. The molecule has 1 aromatic carbocycles. The Balaban J connectivity index is -0.0000000150. The molecule has 1 aromatic rings. The van der Waals surface area contributed by atoms with Gasteiger partial charge in [0, 0.05) is 196 Å². The third-order valence-electron chi connectivity index (χ3n) is 0.667. The molecule has 0 fully saturated rings. The molecule has 0 saturated heterocycles. The summed E-state index contributed by atoms with van der Waals surface area (Å²) in [7, 11) is 0. The van der Waals surface area contributed by atoms with Gasteiger partial charge in [0.05, 0.1) is 0 Å². The second kappa shape index (κ2) is 30.1. The predicted molar refractivity (Wildman–Crippen MR) is 26.4 cm³/mol. The molecule has 0 aromatic heterocycles. The Morgan fingerprint density at radius 1 is 0.250 bits per heavy atom. The summed E-state index contributed by atoms with van der Waals surface area (Å²) in [5.74, 6) is 0. The minimum atomic E-state index is 0. The molecule has 0 unspecified atom stereocenters. The first-order chi connectivity index (χ1) is 3.00. The van der Waals surface area contributed by atoms with Gasteiger partial charge in [-0.15, -0.1) is 0 Å². The summed E-state index contributed by atoms with van der Waals surface area (Å²) in [5, 5.41) is 0. The van der Waals surface area contributed by atoms with E-state index in [4.69, 9.17) is 0 Å². The van der Waals surface area contributed by atoms with Crippen LogP contribution in [0.1, 0.15) is 0 Å². The maximum absolute atomic E-state index is 2.00. The Labute approximate surface area is 226 Å². The van der Waals surface area contributed by atoms with E-state index in [1.165, 1.54) is 0 Å². The molecule has 6 heteroatoms. The summed E-state index contributed by atoms with van der Waals surface area (Å²) < 4.78 is 0. The maximum atomic E-state index is 2.00. The Hall–Kier alpha value is 5.84. The van der Waals surface area contributed by atoms with E-state index in [0.717, 1.165) is 0 Å². The number of rotatable bonds is 0. The van der Waals surface area contributed by atoms with E-state index in [2.05, 4.69) is 0 Å². The molecule has 0 amide bonds. The number of hydrogen-bond donors (Lipinski definition) is 0. The zero-order valence-electron chi connectivity index (χ0n) is 6.93. The Bertz CT molecular complexity index is 84.0. The van der Waals surface area contributed by atoms with E-state index in [9.17, 15) is 0 Å². The molecule has 0 spiro atoms. The molecule has 48 valence electrons. The number of benzene rings is 1. The zero-order valence-corrected chi connectivity index (χ0v) is 24.0. The molecule has 6 radical (unpaired) electrons. The monoisotopic (exact) mass is 611 g/mol. The fraction of sp³-hybridized carbons (Fsp3) is 0. The van der Waals surface area contributed by atoms with Crippen LogP contribution in [0.15, 0.2) is 36.4 Å². The summed E-state index contributed by atoms with van der Waals surface area (Å²) in [5.41, 5.74) is 0. The van der Waals surface area contributed by atoms with Crippen molar-refractivity contribution in [2.75, 3.05) is 0 Å². The van der Waals surface area contributed by atoms with Crippen molar-refractivity contribution in [2.45, 2.75) is 0 Å². The minimum absolute atomic E-state index is 0. The molecular weight excluding hydrogens is 606 g/mol. The largest absolute Gasteiger partial charge is 0.0623 e. The van der Waals surface area contributed by atoms with Gasteiger partial charge in [0.15, 0.2) is 0 Å². The van der Waals surface area contributed by atoms with Gasteiger partial charge < -0.3 is 0 Å². The van der Waals surface area contributed by atoms with Gasteiger partial charge in [0.2, 0.25) is 0 Å². The van der Waals surface area contributed by atoms with Crippen LogP contribution in [-0.4, -0.2) is 0 Å². The summed E-state index contributed by atoms with van der Waals surface area (Å²) in [6.07, 6.45) is 0. The molecule has 0 atom stereocenters. The zero-order chi connectivity index (χ0) is 4.24. The van der Waals surface area contributed by atoms with Crippen molar-refractivity contribution < 1.29 is 196 Å². The van der Waals surface area contributed by atoms with Crippen molar-refractivity contribution >= 4 is 0 Å². The van der Waals surface area contributed by atoms with Crippen LogP contribution in [0.25, 0.3) is 0 Å². The Kier molecular flexibility index (Phi) is 90.7. The van der Waals surface area contributed by atoms with Gasteiger partial charge in [-0.3, -0.25) is 0 Å². The van der Waals surface area contributed by atoms with Gasteiger partial charge >= 0.3 is 0 Å². The molecular formula is C6H6Y6. The molecule has 0 N–H and O–H groups in total. The fourth-order valence-corrected chi connectivity index (χ4v) is 0.385. The van der Waals surface area contributed by atoms with Gasteiger partial charge in [-0.1, -0.05) is 36.4 Å². The van der Waals surface area contributed by atoms with Gasteiger partial charge in [0.25, 0.3) is 0 Å². The first kappa shape index (κ1) is 36.1. The topological polar surface area (TPSA) is 0 Å². The van der Waals surface area contributed by atoms with Crippen LogP contribution in [-0.2, 0) is 196 Å². The van der Waals surface area contributed by atoms with Crippen molar-refractivity contribution in [1.82, 2.24) is 0 Å². The van der Waals surface area contributed by atoms with Crippen LogP contribution in [0.3, 0.4) is 0 Å². The molecule has 0 saturated carbocycles. The molecule has 0 aliphatic heterocycles. The summed E-state index contributed by atoms with van der Waals surface area (Å²) in [4.78, 5) is 0. The molecule has 0 heterocycles. The van der Waals surface area contributed by atoms with Crippen molar-refractivity contribution in [3.8, 4) is 0 Å². The van der Waals surface area contributed by atoms with E-state index in [1.807, 2.05) is 36.4 Å². The first-order valence-electron chi connectivity index (χ1n) is 2.00. The van der Waals surface area contributed by atoms with Crippen LogP contribution in [0.5, 0.6) is 0 Å². The van der Waals surface area contributed by atoms with Gasteiger partial charge in [0.1, 0.15) is 0 Å². The number of hydrogen-bond acceptors (Lipinski definition) is 0. The average molecular weight is 612 g/mol. The van der Waals surface area contributed by atoms with Gasteiger partial charge in [-0.2, -0.15) is 0 Å². The van der Waals surface area contributed by atoms with Gasteiger partial charge in [-0.25, -0.2) is 0 Å². The van der Waals surface area contributed by atoms with Crippen LogP contribution in [0, 0.1) is 0 Å². The molecule has 0 aliphatic carbocycles. The van der Waals surface area contributed by atoms with Crippen LogP contribution < -0.4 is 0 Å². The van der Waals surface area contributed by atoms with Crippen LogP contribution >= 0.6 is 0 Å². The van der Waals surface area contributed by atoms with Crippen LogP contribution in [0.2, 0.25) is 0 Å². The van der Waals surface area contributed by atoms with E-state index >= 15 is 0 Å². The smallest absolute Gasteiger partial charge is 0 e. The second-order valence-corrected chi connectivity index (χ2v) is 1.15. The normalized spacial score (nSPS) is 4.00. The van der Waals surface area contributed by atoms with Crippen LogP contribution in [0.4, 0.5) is 0 Å². The first-order valence-corrected chi connectivity index (χ1v) is 2.00. The molecule has 0 nitrogen and oxygen atoms in total. The van der Waals surface area contributed by atoms with E-state index in [1.54, 1.807) is 0 Å². The molecule has 1 rings (SSSR count). The molecule has 0 bridgehead atoms. The standard InChI is InChI=1S/C6H6.6Y/c1-2-4-6-5-3-1;;;;;;/h1-6H;;;;;;. The quantitative estimate of drug-likeness (QED) is 0.419. The van der Waals surface area contributed by atoms with Crippen molar-refractivity contribution in [1.29, 1.82) is 0 Å².